The van der Waals surface area contributed by atoms with E-state index in [1.807, 2.05) is 23.2 Å². The fraction of sp³-hybridized carbons (Fsp3) is 0.400. The molecule has 2 aromatic rings. The Bertz CT molecular complexity index is 494. The summed E-state index contributed by atoms with van der Waals surface area (Å²) in [6, 6.07) is 10.5. The Kier molecular flexibility index (Phi) is 5.64. The molecular formula is C15H21N3OS. The van der Waals surface area contributed by atoms with E-state index in [2.05, 4.69) is 41.6 Å². The molecule has 0 spiro atoms. The van der Waals surface area contributed by atoms with E-state index in [1.54, 1.807) is 18.0 Å². The average molecular weight is 291 g/mol. The molecule has 2 unspecified atom stereocenters. The van der Waals surface area contributed by atoms with Gasteiger partial charge in [-0.1, -0.05) is 12.1 Å². The highest BCUT2D eigenvalue weighted by atomic mass is 32.2. The maximum absolute atomic E-state index is 9.27. The van der Waals surface area contributed by atoms with Crippen molar-refractivity contribution < 1.29 is 5.11 Å². The van der Waals surface area contributed by atoms with Crippen LogP contribution in [-0.2, 0) is 6.54 Å². The van der Waals surface area contributed by atoms with Crippen LogP contribution in [-0.4, -0.2) is 39.0 Å². The van der Waals surface area contributed by atoms with Crippen molar-refractivity contribution in [3.63, 3.8) is 0 Å². The lowest BCUT2D eigenvalue weighted by molar-refractivity contribution is 0.276. The van der Waals surface area contributed by atoms with Crippen molar-refractivity contribution in [3.05, 3.63) is 48.3 Å². The SMILES string of the molecule is CSC(CO)C(C)NCc1ccc(-n2cccn2)cc1. The first-order valence-corrected chi connectivity index (χ1v) is 7.99. The molecule has 2 atom stereocenters. The van der Waals surface area contributed by atoms with Crippen LogP contribution in [0, 0.1) is 0 Å². The summed E-state index contributed by atoms with van der Waals surface area (Å²) in [5.41, 5.74) is 2.29. The highest BCUT2D eigenvalue weighted by Crippen LogP contribution is 2.12. The fourth-order valence-corrected chi connectivity index (χ4v) is 2.69. The summed E-state index contributed by atoms with van der Waals surface area (Å²) >= 11 is 1.69. The molecule has 0 saturated carbocycles. The molecule has 1 aromatic carbocycles. The molecule has 1 aromatic heterocycles. The lowest BCUT2D eigenvalue weighted by Gasteiger charge is -2.21. The fourth-order valence-electron chi connectivity index (χ4n) is 2.04. The maximum atomic E-state index is 9.27. The van der Waals surface area contributed by atoms with Crippen LogP contribution in [0.1, 0.15) is 12.5 Å². The van der Waals surface area contributed by atoms with E-state index in [4.69, 9.17) is 0 Å². The zero-order valence-corrected chi connectivity index (χ0v) is 12.7. The Hall–Kier alpha value is -1.30. The smallest absolute Gasteiger partial charge is 0.0645 e. The first-order chi connectivity index (χ1) is 9.74. The predicted molar refractivity (Wildman–Crippen MR) is 84.3 cm³/mol. The van der Waals surface area contributed by atoms with Gasteiger partial charge in [-0.05, 0) is 36.9 Å². The summed E-state index contributed by atoms with van der Waals surface area (Å²) in [5, 5.41) is 17.2. The molecule has 0 amide bonds. The van der Waals surface area contributed by atoms with Crippen LogP contribution in [0.3, 0.4) is 0 Å². The third-order valence-corrected chi connectivity index (χ3v) is 4.54. The van der Waals surface area contributed by atoms with Crippen LogP contribution in [0.5, 0.6) is 0 Å². The van der Waals surface area contributed by atoms with Gasteiger partial charge in [-0.15, -0.1) is 0 Å². The summed E-state index contributed by atoms with van der Waals surface area (Å²) in [6.07, 6.45) is 5.73. The highest BCUT2D eigenvalue weighted by molar-refractivity contribution is 7.99. The second-order valence-electron chi connectivity index (χ2n) is 4.74. The lowest BCUT2D eigenvalue weighted by Crippen LogP contribution is -2.37. The molecule has 0 bridgehead atoms. The van der Waals surface area contributed by atoms with Gasteiger partial charge in [-0.3, -0.25) is 0 Å². The van der Waals surface area contributed by atoms with Gasteiger partial charge in [0.05, 0.1) is 12.3 Å². The number of aliphatic hydroxyl groups is 1. The van der Waals surface area contributed by atoms with Gasteiger partial charge in [0.2, 0.25) is 0 Å². The summed E-state index contributed by atoms with van der Waals surface area (Å²) in [5.74, 6) is 0. The van der Waals surface area contributed by atoms with Gasteiger partial charge in [0, 0.05) is 30.2 Å². The molecule has 20 heavy (non-hydrogen) atoms. The standard InChI is InChI=1S/C15H21N3OS/c1-12(15(11-19)20-2)16-10-13-4-6-14(7-5-13)18-9-3-8-17-18/h3-9,12,15-16,19H,10-11H2,1-2H3. The van der Waals surface area contributed by atoms with Gasteiger partial charge in [0.1, 0.15) is 0 Å². The topological polar surface area (TPSA) is 50.1 Å². The summed E-state index contributed by atoms with van der Waals surface area (Å²) in [4.78, 5) is 0. The van der Waals surface area contributed by atoms with E-state index in [9.17, 15) is 5.11 Å². The second kappa shape index (κ2) is 7.47. The number of hydrogen-bond donors (Lipinski definition) is 2. The third kappa shape index (κ3) is 3.85. The van der Waals surface area contributed by atoms with E-state index in [-0.39, 0.29) is 17.9 Å². The largest absolute Gasteiger partial charge is 0.395 e. The van der Waals surface area contributed by atoms with Crippen molar-refractivity contribution in [2.24, 2.45) is 0 Å². The summed E-state index contributed by atoms with van der Waals surface area (Å²) in [7, 11) is 0. The Morgan fingerprint density at radius 1 is 1.35 bits per heavy atom. The molecule has 0 saturated heterocycles. The number of nitrogens with zero attached hydrogens (tertiary/aromatic N) is 2. The van der Waals surface area contributed by atoms with Crippen molar-refractivity contribution in [3.8, 4) is 5.69 Å². The van der Waals surface area contributed by atoms with Crippen molar-refractivity contribution in [2.75, 3.05) is 12.9 Å². The average Bonchev–Trinajstić information content (AvgIpc) is 3.01. The van der Waals surface area contributed by atoms with Crippen LogP contribution in [0.2, 0.25) is 0 Å². The Morgan fingerprint density at radius 3 is 2.65 bits per heavy atom. The van der Waals surface area contributed by atoms with Crippen molar-refractivity contribution >= 4 is 11.8 Å². The van der Waals surface area contributed by atoms with Gasteiger partial charge >= 0.3 is 0 Å². The lowest BCUT2D eigenvalue weighted by atomic mass is 10.1. The van der Waals surface area contributed by atoms with Crippen LogP contribution in [0.25, 0.3) is 5.69 Å². The third-order valence-electron chi connectivity index (χ3n) is 3.37. The Balaban J connectivity index is 1.91. The minimum absolute atomic E-state index is 0.202. The van der Waals surface area contributed by atoms with Gasteiger partial charge in [-0.2, -0.15) is 16.9 Å². The molecule has 2 rings (SSSR count). The zero-order valence-electron chi connectivity index (χ0n) is 11.9. The molecule has 108 valence electrons. The van der Waals surface area contributed by atoms with Crippen LogP contribution < -0.4 is 5.32 Å². The molecule has 0 aliphatic rings. The minimum Gasteiger partial charge on any atom is -0.395 e. The molecule has 4 nitrogen and oxygen atoms in total. The van der Waals surface area contributed by atoms with Gasteiger partial charge in [0.15, 0.2) is 0 Å². The normalized spacial score (nSPS) is 14.2. The molecule has 0 aliphatic carbocycles. The number of aliphatic hydroxyl groups excluding tert-OH is 1. The monoisotopic (exact) mass is 291 g/mol. The second-order valence-corrected chi connectivity index (χ2v) is 5.82. The molecular weight excluding hydrogens is 270 g/mol. The quantitative estimate of drug-likeness (QED) is 0.820. The number of thioether (sulfide) groups is 1. The number of benzene rings is 1. The summed E-state index contributed by atoms with van der Waals surface area (Å²) < 4.78 is 1.84. The number of nitrogens with one attached hydrogen (secondary N) is 1. The van der Waals surface area contributed by atoms with E-state index in [1.165, 1.54) is 5.56 Å². The zero-order chi connectivity index (χ0) is 14.4. The first-order valence-electron chi connectivity index (χ1n) is 6.70. The highest BCUT2D eigenvalue weighted by Gasteiger charge is 2.14. The van der Waals surface area contributed by atoms with E-state index < -0.39 is 0 Å². The van der Waals surface area contributed by atoms with Crippen molar-refractivity contribution in [1.82, 2.24) is 15.1 Å². The molecule has 1 heterocycles. The molecule has 2 N–H and O–H groups in total. The van der Waals surface area contributed by atoms with Crippen LogP contribution in [0.4, 0.5) is 0 Å². The van der Waals surface area contributed by atoms with E-state index in [0.29, 0.717) is 0 Å². The molecule has 5 heteroatoms. The number of aromatic nitrogens is 2. The van der Waals surface area contributed by atoms with Crippen LogP contribution in [0.15, 0.2) is 42.7 Å². The number of rotatable bonds is 7. The summed E-state index contributed by atoms with van der Waals surface area (Å²) in [6.45, 7) is 3.11. The molecule has 0 fully saturated rings. The first kappa shape index (κ1) is 15.1. The maximum Gasteiger partial charge on any atom is 0.0645 e. The Morgan fingerprint density at radius 2 is 2.10 bits per heavy atom. The predicted octanol–water partition coefficient (Wildman–Crippen LogP) is 2.07. The van der Waals surface area contributed by atoms with Gasteiger partial charge in [0.25, 0.3) is 0 Å². The van der Waals surface area contributed by atoms with Crippen molar-refractivity contribution in [1.29, 1.82) is 0 Å². The molecule has 0 radical (unpaired) electrons. The van der Waals surface area contributed by atoms with E-state index >= 15 is 0 Å². The molecule has 0 aliphatic heterocycles. The van der Waals surface area contributed by atoms with Gasteiger partial charge < -0.3 is 10.4 Å². The van der Waals surface area contributed by atoms with Crippen LogP contribution >= 0.6 is 11.8 Å². The van der Waals surface area contributed by atoms with Gasteiger partial charge in [-0.25, -0.2) is 4.68 Å². The Labute approximate surface area is 124 Å². The number of hydrogen-bond acceptors (Lipinski definition) is 4. The minimum atomic E-state index is 0.202. The van der Waals surface area contributed by atoms with E-state index in [0.717, 1.165) is 12.2 Å². The van der Waals surface area contributed by atoms with Crippen molar-refractivity contribution in [2.45, 2.75) is 24.8 Å².